The molecule has 9 rings (SSSR count). The second kappa shape index (κ2) is 18.8. The van der Waals surface area contributed by atoms with Crippen molar-refractivity contribution in [2.45, 2.75) is 58.0 Å². The summed E-state index contributed by atoms with van der Waals surface area (Å²) < 4.78 is 146. The van der Waals surface area contributed by atoms with Crippen LogP contribution in [-0.2, 0) is 58.3 Å². The average Bonchev–Trinajstić information content (AvgIpc) is 3.83. The summed E-state index contributed by atoms with van der Waals surface area (Å²) in [5.74, 6) is -1.67. The third-order valence-corrected chi connectivity index (χ3v) is 9.57. The molecule has 0 radical (unpaired) electrons. The number of hydrogen-bond donors (Lipinski definition) is 0. The standard InChI is InChI=1S/C55H43N4O.Ir/c1-37(2)50-32-53(49-15-9-14-48-47-25-21-43(33-56)31-54(47)60-55(48)49)59-36-46(50)24-20-42-29-40(18-16-38-22-26-51(57-34-38)44-10-5-3-6-11-44)28-41(30-42)19-17-39-23-27-52(58-35-39)45-12-7-4-8-13-45;/h3-10,12,14,21-23,25-32,34-37H,16-20,24H2,1-2H3;/q-3;+3/i16D2,17D2,18D2,19D2,20D2,21D,24D2,31D,37D;. The van der Waals surface area contributed by atoms with Crippen molar-refractivity contribution in [3.8, 4) is 39.8 Å². The molecular formula is C55H43IrN4O. The van der Waals surface area contributed by atoms with Gasteiger partial charge in [-0.2, -0.15) is 5.26 Å². The second-order valence-electron chi connectivity index (χ2n) is 13.9. The fourth-order valence-electron chi connectivity index (χ4n) is 6.60. The Hall–Kier alpha value is -6.51. The summed E-state index contributed by atoms with van der Waals surface area (Å²) in [6.07, 6.45) is -15.4. The van der Waals surface area contributed by atoms with Crippen LogP contribution in [0.15, 0.2) is 150 Å². The molecule has 0 atom stereocenters. The van der Waals surface area contributed by atoms with Crippen molar-refractivity contribution < 1.29 is 45.1 Å². The fourth-order valence-corrected chi connectivity index (χ4v) is 6.60. The molecule has 0 amide bonds. The second-order valence-corrected chi connectivity index (χ2v) is 13.9. The van der Waals surface area contributed by atoms with Gasteiger partial charge >= 0.3 is 20.1 Å². The number of aromatic nitrogens is 3. The monoisotopic (exact) mass is 983 g/mol. The number of hydrogen-bond acceptors (Lipinski definition) is 5. The van der Waals surface area contributed by atoms with Crippen molar-refractivity contribution in [3.05, 3.63) is 209 Å². The smallest absolute Gasteiger partial charge is 0.501 e. The topological polar surface area (TPSA) is 75.6 Å². The van der Waals surface area contributed by atoms with Gasteiger partial charge in [-0.25, -0.2) is 0 Å². The Kier molecular flexibility index (Phi) is 8.22. The number of nitrogens with zero attached hydrogens (tertiary/aromatic N) is 4. The molecule has 9 aromatic rings. The van der Waals surface area contributed by atoms with Crippen LogP contribution in [0.2, 0.25) is 0 Å². The van der Waals surface area contributed by atoms with Crippen molar-refractivity contribution in [2.75, 3.05) is 0 Å². The average molecular weight is 983 g/mol. The molecule has 0 aliphatic rings. The van der Waals surface area contributed by atoms with Crippen molar-refractivity contribution in [2.24, 2.45) is 0 Å². The van der Waals surface area contributed by atoms with E-state index >= 15 is 0 Å². The first-order chi connectivity index (χ1) is 35.1. The zero-order valence-corrected chi connectivity index (χ0v) is 35.1. The van der Waals surface area contributed by atoms with E-state index in [2.05, 4.69) is 33.2 Å². The molecule has 5 aromatic carbocycles. The molecule has 5 nitrogen and oxygen atoms in total. The van der Waals surface area contributed by atoms with E-state index < -0.39 is 66.4 Å². The van der Waals surface area contributed by atoms with Gasteiger partial charge in [0.25, 0.3) is 0 Å². The van der Waals surface area contributed by atoms with E-state index in [-0.39, 0.29) is 76.9 Å². The number of rotatable bonds is 13. The predicted octanol–water partition coefficient (Wildman–Crippen LogP) is 12.5. The van der Waals surface area contributed by atoms with E-state index in [1.54, 1.807) is 60.7 Å². The van der Waals surface area contributed by atoms with Crippen LogP contribution in [0.5, 0.6) is 0 Å². The molecule has 0 N–H and O–H groups in total. The maximum absolute atomic E-state index is 9.69. The summed E-state index contributed by atoms with van der Waals surface area (Å²) >= 11 is 0. The number of furan rings is 1. The Balaban J connectivity index is 0.00000765. The van der Waals surface area contributed by atoms with Crippen LogP contribution in [0.1, 0.15) is 84.8 Å². The minimum Gasteiger partial charge on any atom is -0.501 e. The molecule has 0 saturated carbocycles. The van der Waals surface area contributed by atoms with Gasteiger partial charge in [0.05, 0.1) is 20.0 Å². The van der Waals surface area contributed by atoms with Crippen LogP contribution in [0, 0.1) is 29.5 Å². The quantitative estimate of drug-likeness (QED) is 0.108. The van der Waals surface area contributed by atoms with Gasteiger partial charge in [-0.15, -0.1) is 90.0 Å². The Morgan fingerprint density at radius 3 is 1.79 bits per heavy atom. The molecule has 0 fully saturated rings. The summed E-state index contributed by atoms with van der Waals surface area (Å²) in [7, 11) is 0. The molecule has 6 heteroatoms. The first-order valence-corrected chi connectivity index (χ1v) is 19.0. The number of benzene rings is 5. The zero-order valence-electron chi connectivity index (χ0n) is 47.7. The van der Waals surface area contributed by atoms with E-state index in [4.69, 9.17) is 7.16 Å². The molecule has 0 aliphatic heterocycles. The van der Waals surface area contributed by atoms with E-state index in [1.165, 1.54) is 50.2 Å². The molecule has 298 valence electrons. The fraction of sp³-hybridized carbons (Fsp3) is 0.164. The van der Waals surface area contributed by atoms with Crippen LogP contribution in [-0.4, -0.2) is 15.0 Å². The molecule has 0 bridgehead atoms. The number of fused-ring (bicyclic) bond motifs is 3. The third-order valence-electron chi connectivity index (χ3n) is 9.57. The number of aryl methyl sites for hydroxylation is 6. The Labute approximate surface area is 392 Å². The first-order valence-electron chi connectivity index (χ1n) is 26.5. The predicted molar refractivity (Wildman–Crippen MR) is 240 cm³/mol. The minimum atomic E-state index is -3.29. The summed E-state index contributed by atoms with van der Waals surface area (Å²) in [6, 6.07) is 38.7. The van der Waals surface area contributed by atoms with E-state index in [1.807, 2.05) is 6.07 Å². The molecule has 0 aliphatic carbocycles. The van der Waals surface area contributed by atoms with Crippen molar-refractivity contribution in [1.29, 1.82) is 5.26 Å². The number of pyridine rings is 3. The van der Waals surface area contributed by atoms with Gasteiger partial charge in [0.15, 0.2) is 0 Å². The van der Waals surface area contributed by atoms with Crippen molar-refractivity contribution >= 4 is 21.9 Å². The maximum atomic E-state index is 9.69. The molecule has 4 heterocycles. The van der Waals surface area contributed by atoms with Crippen LogP contribution < -0.4 is 0 Å². The van der Waals surface area contributed by atoms with Crippen molar-refractivity contribution in [1.82, 2.24) is 15.0 Å². The summed E-state index contributed by atoms with van der Waals surface area (Å²) in [6.45, 7) is 2.90. The van der Waals surface area contributed by atoms with Gasteiger partial charge in [-0.1, -0.05) is 79.4 Å². The first kappa shape index (κ1) is 26.6. The summed E-state index contributed by atoms with van der Waals surface area (Å²) in [5, 5.41) is 10.5. The Bertz CT molecular complexity index is 3570. The molecule has 0 unspecified atom stereocenters. The van der Waals surface area contributed by atoms with E-state index in [9.17, 15) is 23.1 Å². The number of nitriles is 1. The normalized spacial score (nSPS) is 16.4. The zero-order chi connectivity index (χ0) is 54.3. The van der Waals surface area contributed by atoms with Gasteiger partial charge < -0.3 is 19.4 Å². The van der Waals surface area contributed by atoms with Gasteiger partial charge in [0.1, 0.15) is 5.58 Å². The summed E-state index contributed by atoms with van der Waals surface area (Å²) in [5.41, 5.74) is -0.607. The molecule has 4 aromatic heterocycles. The molecule has 0 spiro atoms. The van der Waals surface area contributed by atoms with Crippen molar-refractivity contribution in [3.63, 3.8) is 0 Å². The minimum absolute atomic E-state index is 0. The Morgan fingerprint density at radius 1 is 0.656 bits per heavy atom. The maximum Gasteiger partial charge on any atom is 3.00 e. The van der Waals surface area contributed by atoms with Gasteiger partial charge in [0, 0.05) is 41.8 Å². The Morgan fingerprint density at radius 2 is 1.25 bits per heavy atom. The van der Waals surface area contributed by atoms with E-state index in [0.29, 0.717) is 33.3 Å². The van der Waals surface area contributed by atoms with Gasteiger partial charge in [-0.05, 0) is 112 Å². The summed E-state index contributed by atoms with van der Waals surface area (Å²) in [4.78, 5) is 13.3. The van der Waals surface area contributed by atoms with E-state index in [0.717, 1.165) is 36.8 Å². The van der Waals surface area contributed by atoms with Crippen LogP contribution in [0.4, 0.5) is 0 Å². The molecular weight excluding hydrogens is 925 g/mol. The van der Waals surface area contributed by atoms with Crippen LogP contribution in [0.25, 0.3) is 55.7 Å². The van der Waals surface area contributed by atoms with Crippen LogP contribution >= 0.6 is 0 Å². The molecule has 61 heavy (non-hydrogen) atoms. The third kappa shape index (κ3) is 9.45. The van der Waals surface area contributed by atoms with Gasteiger partial charge in [-0.3, -0.25) is 0 Å². The molecule has 0 saturated heterocycles. The van der Waals surface area contributed by atoms with Crippen LogP contribution in [0.3, 0.4) is 0 Å². The SMILES string of the molecule is [2H]c1cc2c(oc3c(-c4cc(C([2H])(C)C)c(C([2H])([2H])C([2H])([2H])c5cc(C([2H])([2H])C([2H])([2H])c6ccc(-c7[c-]cccc7)nc6)cc(C([2H])([2H])C([2H])([2H])c6ccc(-c7[c-]cccc7)nc6)c5)cn4)[c-]ccc32)c([2H])c1C#N.[Ir+3]. The van der Waals surface area contributed by atoms with Gasteiger partial charge in [0.2, 0.25) is 0 Å². The largest absolute Gasteiger partial charge is 3.00 e.